The van der Waals surface area contributed by atoms with Gasteiger partial charge < -0.3 is 4.90 Å². The van der Waals surface area contributed by atoms with Crippen LogP contribution < -0.4 is 4.90 Å². The molecule has 2 rings (SSSR count). The molecule has 0 unspecified atom stereocenters. The molecule has 0 saturated carbocycles. The number of pyridine rings is 1. The summed E-state index contributed by atoms with van der Waals surface area (Å²) in [6, 6.07) is 2.15. The van der Waals surface area contributed by atoms with Gasteiger partial charge in [-0.2, -0.15) is 0 Å². The predicted molar refractivity (Wildman–Crippen MR) is 71.3 cm³/mol. The van der Waals surface area contributed by atoms with Crippen LogP contribution in [0.15, 0.2) is 18.5 Å². The molecule has 1 aliphatic heterocycles. The normalized spacial score (nSPS) is 15.1. The molecule has 1 saturated heterocycles. The summed E-state index contributed by atoms with van der Waals surface area (Å²) in [5, 5.41) is 0. The molecular formula is C13H18N2Si. The molecule has 2 nitrogen and oxygen atoms in total. The highest BCUT2D eigenvalue weighted by Gasteiger charge is 2.14. The van der Waals surface area contributed by atoms with E-state index in [1.165, 1.54) is 12.1 Å². The number of hydrogen-bond acceptors (Lipinski definition) is 2. The summed E-state index contributed by atoms with van der Waals surface area (Å²) in [5.74, 6) is 3.25. The van der Waals surface area contributed by atoms with E-state index in [9.17, 15) is 0 Å². The zero-order chi connectivity index (χ0) is 11.6. The Morgan fingerprint density at radius 1 is 1.25 bits per heavy atom. The van der Waals surface area contributed by atoms with E-state index in [-0.39, 0.29) is 0 Å². The number of aromatic nitrogens is 1. The Kier molecular flexibility index (Phi) is 3.02. The van der Waals surface area contributed by atoms with Gasteiger partial charge in [-0.3, -0.25) is 4.98 Å². The Balaban J connectivity index is 2.18. The van der Waals surface area contributed by atoms with Crippen LogP contribution in [0.4, 0.5) is 5.69 Å². The van der Waals surface area contributed by atoms with Gasteiger partial charge in [-0.25, -0.2) is 0 Å². The van der Waals surface area contributed by atoms with Crippen molar-refractivity contribution in [2.45, 2.75) is 26.1 Å². The number of anilines is 1. The van der Waals surface area contributed by atoms with Crippen LogP contribution in [-0.2, 0) is 0 Å². The van der Waals surface area contributed by atoms with Gasteiger partial charge in [-0.05, 0) is 12.5 Å². The van der Waals surface area contributed by atoms with Gasteiger partial charge in [-0.15, -0.1) is 5.54 Å². The monoisotopic (exact) mass is 230 g/mol. The van der Waals surface area contributed by atoms with Crippen molar-refractivity contribution in [2.75, 3.05) is 18.0 Å². The first kappa shape index (κ1) is 11.2. The van der Waals surface area contributed by atoms with Crippen LogP contribution in [0.2, 0.25) is 19.6 Å². The van der Waals surface area contributed by atoms with Crippen molar-refractivity contribution in [3.05, 3.63) is 24.0 Å². The molecule has 0 bridgehead atoms. The Morgan fingerprint density at radius 2 is 2.00 bits per heavy atom. The zero-order valence-electron chi connectivity index (χ0n) is 10.2. The van der Waals surface area contributed by atoms with Crippen LogP contribution in [0.3, 0.4) is 0 Å². The summed E-state index contributed by atoms with van der Waals surface area (Å²) < 4.78 is 0. The summed E-state index contributed by atoms with van der Waals surface area (Å²) in [7, 11) is -1.28. The first-order valence-corrected chi connectivity index (χ1v) is 9.28. The average molecular weight is 230 g/mol. The van der Waals surface area contributed by atoms with Gasteiger partial charge in [0.1, 0.15) is 8.07 Å². The molecule has 1 aromatic rings. The molecule has 3 heteroatoms. The predicted octanol–water partition coefficient (Wildman–Crippen LogP) is 2.52. The van der Waals surface area contributed by atoms with Crippen molar-refractivity contribution in [2.24, 2.45) is 0 Å². The fourth-order valence-electron chi connectivity index (χ4n) is 1.50. The highest BCUT2D eigenvalue weighted by Crippen LogP contribution is 2.19. The van der Waals surface area contributed by atoms with E-state index in [4.69, 9.17) is 0 Å². The zero-order valence-corrected chi connectivity index (χ0v) is 11.2. The molecular weight excluding hydrogens is 212 g/mol. The lowest BCUT2D eigenvalue weighted by Gasteiger charge is -2.32. The lowest BCUT2D eigenvalue weighted by Crippen LogP contribution is -2.37. The number of nitrogens with zero attached hydrogens (tertiary/aromatic N) is 2. The highest BCUT2D eigenvalue weighted by atomic mass is 28.3. The van der Waals surface area contributed by atoms with Gasteiger partial charge in [0.15, 0.2) is 0 Å². The molecule has 16 heavy (non-hydrogen) atoms. The Labute approximate surface area is 98.7 Å². The van der Waals surface area contributed by atoms with Crippen molar-refractivity contribution in [1.82, 2.24) is 4.98 Å². The second kappa shape index (κ2) is 4.30. The maximum absolute atomic E-state index is 4.26. The molecule has 0 spiro atoms. The second-order valence-corrected chi connectivity index (χ2v) is 10.0. The fraction of sp³-hybridized carbons (Fsp3) is 0.462. The SMILES string of the molecule is C[Si](C)(C)C#Cc1cncc(N2CCC2)c1. The maximum atomic E-state index is 4.26. The molecule has 0 atom stereocenters. The van der Waals surface area contributed by atoms with Crippen LogP contribution in [0.25, 0.3) is 0 Å². The van der Waals surface area contributed by atoms with E-state index in [1.54, 1.807) is 0 Å². The standard InChI is InChI=1S/C13H18N2Si/c1-16(2,3)8-5-12-9-13(11-14-10-12)15-6-4-7-15/h9-11H,4,6-7H2,1-3H3. The Morgan fingerprint density at radius 3 is 2.56 bits per heavy atom. The van der Waals surface area contributed by atoms with Crippen LogP contribution in [0.1, 0.15) is 12.0 Å². The third-order valence-corrected chi connectivity index (χ3v) is 3.40. The van der Waals surface area contributed by atoms with Crippen molar-refractivity contribution in [3.63, 3.8) is 0 Å². The molecule has 0 aromatic carbocycles. The second-order valence-electron chi connectivity index (χ2n) is 5.27. The minimum absolute atomic E-state index is 1.05. The fourth-order valence-corrected chi connectivity index (χ4v) is 2.02. The third kappa shape index (κ3) is 2.86. The first-order chi connectivity index (χ1) is 7.54. The van der Waals surface area contributed by atoms with Gasteiger partial charge in [0.2, 0.25) is 0 Å². The van der Waals surface area contributed by atoms with Crippen LogP contribution in [0.5, 0.6) is 0 Å². The van der Waals surface area contributed by atoms with Gasteiger partial charge in [0.25, 0.3) is 0 Å². The van der Waals surface area contributed by atoms with E-state index >= 15 is 0 Å². The summed E-state index contributed by atoms with van der Waals surface area (Å²) in [4.78, 5) is 6.60. The van der Waals surface area contributed by atoms with Crippen LogP contribution >= 0.6 is 0 Å². The minimum atomic E-state index is -1.28. The molecule has 0 amide bonds. The van der Waals surface area contributed by atoms with E-state index in [0.717, 1.165) is 18.7 Å². The number of rotatable bonds is 1. The highest BCUT2D eigenvalue weighted by molar-refractivity contribution is 6.83. The van der Waals surface area contributed by atoms with Gasteiger partial charge in [0, 0.05) is 24.8 Å². The van der Waals surface area contributed by atoms with Gasteiger partial charge >= 0.3 is 0 Å². The first-order valence-electron chi connectivity index (χ1n) is 5.78. The summed E-state index contributed by atoms with van der Waals surface area (Å²) >= 11 is 0. The quantitative estimate of drug-likeness (QED) is 0.544. The van der Waals surface area contributed by atoms with Crippen LogP contribution in [0, 0.1) is 11.5 Å². The van der Waals surface area contributed by atoms with E-state index in [0.29, 0.717) is 0 Å². The molecule has 2 heterocycles. The summed E-state index contributed by atoms with van der Waals surface area (Å²) in [6.45, 7) is 9.09. The molecule has 84 valence electrons. The smallest absolute Gasteiger partial charge is 0.129 e. The van der Waals surface area contributed by atoms with Gasteiger partial charge in [0.05, 0.1) is 11.9 Å². The lowest BCUT2D eigenvalue weighted by molar-refractivity contribution is 0.616. The molecule has 0 aliphatic carbocycles. The summed E-state index contributed by atoms with van der Waals surface area (Å²) in [6.07, 6.45) is 5.08. The molecule has 1 aromatic heterocycles. The van der Waals surface area contributed by atoms with Crippen molar-refractivity contribution in [3.8, 4) is 11.5 Å². The largest absolute Gasteiger partial charge is 0.370 e. The average Bonchev–Trinajstić information content (AvgIpc) is 2.12. The number of hydrogen-bond donors (Lipinski definition) is 0. The lowest BCUT2D eigenvalue weighted by atomic mass is 10.2. The summed E-state index contributed by atoms with van der Waals surface area (Å²) in [5.41, 5.74) is 5.64. The molecule has 1 fully saturated rings. The molecule has 1 aliphatic rings. The van der Waals surface area contributed by atoms with Crippen LogP contribution in [-0.4, -0.2) is 26.1 Å². The van der Waals surface area contributed by atoms with Crippen molar-refractivity contribution in [1.29, 1.82) is 0 Å². The third-order valence-electron chi connectivity index (χ3n) is 2.53. The molecule has 0 N–H and O–H groups in total. The van der Waals surface area contributed by atoms with E-state index < -0.39 is 8.07 Å². The Hall–Kier alpha value is -1.27. The van der Waals surface area contributed by atoms with E-state index in [2.05, 4.69) is 47.1 Å². The van der Waals surface area contributed by atoms with E-state index in [1.807, 2.05) is 12.4 Å². The van der Waals surface area contributed by atoms with Gasteiger partial charge in [-0.1, -0.05) is 25.6 Å². The maximum Gasteiger partial charge on any atom is 0.129 e. The molecule has 0 radical (unpaired) electrons. The van der Waals surface area contributed by atoms with Crippen molar-refractivity contribution >= 4 is 13.8 Å². The minimum Gasteiger partial charge on any atom is -0.370 e. The Bertz CT molecular complexity index is 433. The topological polar surface area (TPSA) is 16.1 Å². The van der Waals surface area contributed by atoms with Crippen molar-refractivity contribution < 1.29 is 0 Å².